The number of nitrogen functional groups attached to an aromatic ring is 1. The highest BCUT2D eigenvalue weighted by atomic mass is 32.2. The molecular weight excluding hydrogens is 270 g/mol. The molecule has 0 radical (unpaired) electrons. The Morgan fingerprint density at radius 2 is 1.80 bits per heavy atom. The zero-order chi connectivity index (χ0) is 14.4. The topological polar surface area (TPSA) is 44.5 Å². The van der Waals surface area contributed by atoms with E-state index in [0.29, 0.717) is 6.61 Å². The predicted octanol–water partition coefficient (Wildman–Crippen LogP) is 3.76. The van der Waals surface area contributed by atoms with Crippen LogP contribution in [0.1, 0.15) is 5.56 Å². The summed E-state index contributed by atoms with van der Waals surface area (Å²) in [7, 11) is 1.65. The van der Waals surface area contributed by atoms with Crippen LogP contribution in [0.3, 0.4) is 0 Å². The molecule has 0 aliphatic rings. The summed E-state index contributed by atoms with van der Waals surface area (Å²) in [6.07, 6.45) is 0. The van der Waals surface area contributed by atoms with Crippen molar-refractivity contribution in [2.24, 2.45) is 0 Å². The maximum absolute atomic E-state index is 5.89. The van der Waals surface area contributed by atoms with Crippen LogP contribution >= 0.6 is 11.8 Å². The molecular formula is C16H19NO2S. The third-order valence-electron chi connectivity index (χ3n) is 2.99. The van der Waals surface area contributed by atoms with Crippen LogP contribution in [0.5, 0.6) is 11.5 Å². The average Bonchev–Trinajstić information content (AvgIpc) is 2.48. The van der Waals surface area contributed by atoms with E-state index in [1.54, 1.807) is 18.9 Å². The number of rotatable bonds is 6. The summed E-state index contributed by atoms with van der Waals surface area (Å²) in [5.41, 5.74) is 7.86. The Kier molecular flexibility index (Phi) is 5.18. The summed E-state index contributed by atoms with van der Waals surface area (Å²) in [6.45, 7) is 2.66. The number of methoxy groups -OCH3 is 1. The van der Waals surface area contributed by atoms with Crippen LogP contribution in [0.2, 0.25) is 0 Å². The first-order valence-electron chi connectivity index (χ1n) is 6.46. The number of benzene rings is 2. The van der Waals surface area contributed by atoms with Crippen LogP contribution in [-0.2, 0) is 0 Å². The first kappa shape index (κ1) is 14.6. The molecule has 0 fully saturated rings. The van der Waals surface area contributed by atoms with E-state index in [4.69, 9.17) is 15.2 Å². The van der Waals surface area contributed by atoms with Crippen molar-refractivity contribution < 1.29 is 9.47 Å². The Hall–Kier alpha value is -1.81. The van der Waals surface area contributed by atoms with Crippen molar-refractivity contribution >= 4 is 17.4 Å². The lowest BCUT2D eigenvalue weighted by Crippen LogP contribution is -2.02. The highest BCUT2D eigenvalue weighted by molar-refractivity contribution is 7.99. The Labute approximate surface area is 124 Å². The lowest BCUT2D eigenvalue weighted by atomic mass is 10.2. The van der Waals surface area contributed by atoms with Gasteiger partial charge in [0, 0.05) is 16.3 Å². The summed E-state index contributed by atoms with van der Waals surface area (Å²) in [4.78, 5) is 1.20. The zero-order valence-electron chi connectivity index (χ0n) is 11.8. The number of hydrogen-bond donors (Lipinski definition) is 1. The molecule has 0 bridgehead atoms. The smallest absolute Gasteiger partial charge is 0.161 e. The monoisotopic (exact) mass is 289 g/mol. The van der Waals surface area contributed by atoms with Crippen molar-refractivity contribution in [2.75, 3.05) is 25.2 Å². The van der Waals surface area contributed by atoms with Gasteiger partial charge in [-0.05, 0) is 36.8 Å². The minimum absolute atomic E-state index is 0.624. The average molecular weight is 289 g/mol. The maximum Gasteiger partial charge on any atom is 0.161 e. The number of thioether (sulfide) groups is 1. The molecule has 3 nitrogen and oxygen atoms in total. The number of nitrogens with two attached hydrogens (primary N) is 1. The molecule has 2 aromatic carbocycles. The second-order valence-corrected chi connectivity index (χ2v) is 5.45. The Bertz CT molecular complexity index is 572. The number of ether oxygens (including phenoxy) is 2. The van der Waals surface area contributed by atoms with Gasteiger partial charge in [0.1, 0.15) is 0 Å². The van der Waals surface area contributed by atoms with E-state index >= 15 is 0 Å². The largest absolute Gasteiger partial charge is 0.493 e. The highest BCUT2D eigenvalue weighted by Crippen LogP contribution is 2.28. The van der Waals surface area contributed by atoms with Crippen LogP contribution in [-0.4, -0.2) is 19.5 Å². The fourth-order valence-corrected chi connectivity index (χ4v) is 2.72. The summed E-state index contributed by atoms with van der Waals surface area (Å²) in [5.74, 6) is 2.40. The second-order valence-electron chi connectivity index (χ2n) is 4.32. The first-order valence-corrected chi connectivity index (χ1v) is 7.44. The number of para-hydroxylation sites is 2. The molecule has 4 heteroatoms. The molecule has 0 unspecified atom stereocenters. The Morgan fingerprint density at radius 3 is 2.55 bits per heavy atom. The number of hydrogen-bond acceptors (Lipinski definition) is 4. The van der Waals surface area contributed by atoms with Gasteiger partial charge in [-0.25, -0.2) is 0 Å². The van der Waals surface area contributed by atoms with Gasteiger partial charge in [-0.3, -0.25) is 0 Å². The quantitative estimate of drug-likeness (QED) is 0.499. The van der Waals surface area contributed by atoms with Gasteiger partial charge < -0.3 is 15.2 Å². The fourth-order valence-electron chi connectivity index (χ4n) is 1.83. The van der Waals surface area contributed by atoms with Crippen molar-refractivity contribution in [1.29, 1.82) is 0 Å². The molecule has 2 N–H and O–H groups in total. The third-order valence-corrected chi connectivity index (χ3v) is 4.12. The van der Waals surface area contributed by atoms with Gasteiger partial charge in [0.25, 0.3) is 0 Å². The Balaban J connectivity index is 1.86. The third kappa shape index (κ3) is 3.61. The van der Waals surface area contributed by atoms with Gasteiger partial charge in [0.15, 0.2) is 11.5 Å². The molecule has 0 spiro atoms. The van der Waals surface area contributed by atoms with Gasteiger partial charge in [-0.15, -0.1) is 11.8 Å². The predicted molar refractivity (Wildman–Crippen MR) is 84.8 cm³/mol. The molecule has 0 saturated carbocycles. The van der Waals surface area contributed by atoms with Crippen molar-refractivity contribution in [3.8, 4) is 11.5 Å². The van der Waals surface area contributed by atoms with Crippen molar-refractivity contribution in [3.05, 3.63) is 48.0 Å². The van der Waals surface area contributed by atoms with Crippen molar-refractivity contribution in [3.63, 3.8) is 0 Å². The van der Waals surface area contributed by atoms with Crippen LogP contribution in [0, 0.1) is 6.92 Å². The lowest BCUT2D eigenvalue weighted by molar-refractivity contribution is 0.313. The normalized spacial score (nSPS) is 10.3. The highest BCUT2D eigenvalue weighted by Gasteiger charge is 2.04. The lowest BCUT2D eigenvalue weighted by Gasteiger charge is -2.11. The molecule has 2 rings (SSSR count). The van der Waals surface area contributed by atoms with Crippen molar-refractivity contribution in [1.82, 2.24) is 0 Å². The molecule has 106 valence electrons. The van der Waals surface area contributed by atoms with Gasteiger partial charge in [-0.2, -0.15) is 0 Å². The fraction of sp³-hybridized carbons (Fsp3) is 0.250. The van der Waals surface area contributed by atoms with E-state index in [2.05, 4.69) is 6.07 Å². The van der Waals surface area contributed by atoms with Crippen molar-refractivity contribution in [2.45, 2.75) is 11.8 Å². The molecule has 2 aromatic rings. The first-order chi connectivity index (χ1) is 9.72. The molecule has 0 amide bonds. The minimum atomic E-state index is 0.624. The van der Waals surface area contributed by atoms with Gasteiger partial charge in [-0.1, -0.05) is 18.2 Å². The SMILES string of the molecule is COc1ccccc1OCCSc1cccc(N)c1C. The van der Waals surface area contributed by atoms with E-state index in [1.165, 1.54) is 4.90 Å². The standard InChI is InChI=1S/C16H19NO2S/c1-12-13(17)6-5-9-16(12)20-11-10-19-15-8-4-3-7-14(15)18-2/h3-9H,10-11,17H2,1-2H3. The summed E-state index contributed by atoms with van der Waals surface area (Å²) in [6, 6.07) is 13.7. The molecule has 0 heterocycles. The van der Waals surface area contributed by atoms with E-state index in [0.717, 1.165) is 28.5 Å². The molecule has 20 heavy (non-hydrogen) atoms. The van der Waals surface area contributed by atoms with Gasteiger partial charge in [0.2, 0.25) is 0 Å². The molecule has 0 aliphatic carbocycles. The summed E-state index contributed by atoms with van der Waals surface area (Å²) >= 11 is 1.75. The van der Waals surface area contributed by atoms with Crippen LogP contribution in [0.25, 0.3) is 0 Å². The van der Waals surface area contributed by atoms with Crippen LogP contribution < -0.4 is 15.2 Å². The Morgan fingerprint density at radius 1 is 1.05 bits per heavy atom. The molecule has 0 saturated heterocycles. The minimum Gasteiger partial charge on any atom is -0.493 e. The summed E-state index contributed by atoms with van der Waals surface area (Å²) in [5, 5.41) is 0. The van der Waals surface area contributed by atoms with Crippen LogP contribution in [0.4, 0.5) is 5.69 Å². The molecule has 0 aromatic heterocycles. The second kappa shape index (κ2) is 7.10. The van der Waals surface area contributed by atoms with E-state index in [1.807, 2.05) is 43.3 Å². The molecule has 0 aliphatic heterocycles. The maximum atomic E-state index is 5.89. The van der Waals surface area contributed by atoms with Gasteiger partial charge in [0.05, 0.1) is 13.7 Å². The number of anilines is 1. The van der Waals surface area contributed by atoms with E-state index in [9.17, 15) is 0 Å². The zero-order valence-corrected chi connectivity index (χ0v) is 12.6. The molecule has 0 atom stereocenters. The van der Waals surface area contributed by atoms with Crippen LogP contribution in [0.15, 0.2) is 47.4 Å². The van der Waals surface area contributed by atoms with Gasteiger partial charge >= 0.3 is 0 Å². The summed E-state index contributed by atoms with van der Waals surface area (Å²) < 4.78 is 11.0. The van der Waals surface area contributed by atoms with E-state index < -0.39 is 0 Å². The van der Waals surface area contributed by atoms with E-state index in [-0.39, 0.29) is 0 Å².